The molecular formula is C22H24IN3S. The lowest BCUT2D eigenvalue weighted by Gasteiger charge is -2.04. The normalized spacial score (nSPS) is 11.5. The van der Waals surface area contributed by atoms with Gasteiger partial charge in [-0.15, -0.1) is 35.3 Å². The van der Waals surface area contributed by atoms with Crippen LogP contribution in [0.2, 0.25) is 0 Å². The summed E-state index contributed by atoms with van der Waals surface area (Å²) in [5.74, 6) is 0.569. The fourth-order valence-electron chi connectivity index (χ4n) is 2.53. The second-order valence-electron chi connectivity index (χ2n) is 5.91. The zero-order chi connectivity index (χ0) is 18.0. The number of nitrogens with zero attached hydrogens (tertiary/aromatic N) is 1. The molecule has 0 spiro atoms. The minimum atomic E-state index is 0. The number of nitrogens with one attached hydrogen (secondary N) is 1. The van der Waals surface area contributed by atoms with Gasteiger partial charge in [-0.2, -0.15) is 0 Å². The Bertz CT molecular complexity index is 841. The van der Waals surface area contributed by atoms with Gasteiger partial charge in [0.05, 0.1) is 10.6 Å². The Morgan fingerprint density at radius 3 is 2.48 bits per heavy atom. The van der Waals surface area contributed by atoms with Crippen LogP contribution in [-0.2, 0) is 6.42 Å². The van der Waals surface area contributed by atoms with Gasteiger partial charge in [-0.1, -0.05) is 60.7 Å². The monoisotopic (exact) mass is 489 g/mol. The molecule has 2 aromatic carbocycles. The molecule has 1 aromatic heterocycles. The Hall–Kier alpha value is -1.96. The number of nitrogens with two attached hydrogens (primary N) is 1. The number of benzene rings is 2. The minimum absolute atomic E-state index is 0. The first kappa shape index (κ1) is 21.3. The van der Waals surface area contributed by atoms with Crippen molar-refractivity contribution in [2.24, 2.45) is 10.7 Å². The van der Waals surface area contributed by atoms with Crippen molar-refractivity contribution in [2.45, 2.75) is 6.42 Å². The summed E-state index contributed by atoms with van der Waals surface area (Å²) in [5, 5.41) is 5.44. The second kappa shape index (κ2) is 11.7. The molecule has 0 unspecified atom stereocenters. The van der Waals surface area contributed by atoms with E-state index in [9.17, 15) is 0 Å². The molecule has 3 nitrogen and oxygen atoms in total. The van der Waals surface area contributed by atoms with E-state index in [0.717, 1.165) is 30.1 Å². The van der Waals surface area contributed by atoms with Crippen molar-refractivity contribution in [1.29, 1.82) is 0 Å². The average molecular weight is 489 g/mol. The van der Waals surface area contributed by atoms with Crippen molar-refractivity contribution in [3.05, 3.63) is 94.2 Å². The fraction of sp³-hybridized carbons (Fsp3) is 0.136. The highest BCUT2D eigenvalue weighted by molar-refractivity contribution is 14.0. The Morgan fingerprint density at radius 1 is 1.00 bits per heavy atom. The van der Waals surface area contributed by atoms with E-state index in [2.05, 4.69) is 58.9 Å². The maximum atomic E-state index is 6.02. The lowest BCUT2D eigenvalue weighted by Crippen LogP contribution is -2.16. The summed E-state index contributed by atoms with van der Waals surface area (Å²) in [6.45, 7) is 1.81. The van der Waals surface area contributed by atoms with Gasteiger partial charge < -0.3 is 11.1 Å². The molecule has 3 aromatic rings. The molecular weight excluding hydrogens is 465 g/mol. The molecule has 3 rings (SSSR count). The van der Waals surface area contributed by atoms with Crippen molar-refractivity contribution >= 4 is 52.9 Å². The van der Waals surface area contributed by atoms with Crippen molar-refractivity contribution in [1.82, 2.24) is 5.32 Å². The molecule has 0 aliphatic rings. The summed E-state index contributed by atoms with van der Waals surface area (Å²) in [6, 6.07) is 22.6. The highest BCUT2D eigenvalue weighted by Gasteiger charge is 2.00. The molecule has 0 amide bonds. The molecule has 0 saturated carbocycles. The average Bonchev–Trinajstić information content (AvgIpc) is 3.22. The molecule has 0 saturated heterocycles. The SMILES string of the molecule is I.NC(=Nc1ccc(CCNCC=Cc2ccccc2)cc1)c1cccs1. The summed E-state index contributed by atoms with van der Waals surface area (Å²) < 4.78 is 0. The van der Waals surface area contributed by atoms with Crippen molar-refractivity contribution < 1.29 is 0 Å². The van der Waals surface area contributed by atoms with Gasteiger partial charge in [0.15, 0.2) is 0 Å². The third-order valence-corrected chi connectivity index (χ3v) is 4.81. The van der Waals surface area contributed by atoms with Crippen LogP contribution in [0, 0.1) is 0 Å². The first-order valence-corrected chi connectivity index (χ1v) is 9.58. The summed E-state index contributed by atoms with van der Waals surface area (Å²) in [6.07, 6.45) is 5.28. The Morgan fingerprint density at radius 2 is 1.78 bits per heavy atom. The van der Waals surface area contributed by atoms with Crippen molar-refractivity contribution in [3.63, 3.8) is 0 Å². The maximum Gasteiger partial charge on any atom is 0.141 e. The predicted octanol–water partition coefficient (Wildman–Crippen LogP) is 5.25. The molecule has 27 heavy (non-hydrogen) atoms. The zero-order valence-electron chi connectivity index (χ0n) is 15.0. The van der Waals surface area contributed by atoms with E-state index in [1.165, 1.54) is 11.1 Å². The quantitative estimate of drug-likeness (QED) is 0.197. The lowest BCUT2D eigenvalue weighted by molar-refractivity contribution is 0.745. The van der Waals surface area contributed by atoms with E-state index in [1.807, 2.05) is 35.7 Å². The minimum Gasteiger partial charge on any atom is -0.383 e. The third-order valence-electron chi connectivity index (χ3n) is 3.92. The van der Waals surface area contributed by atoms with Crippen LogP contribution in [0.5, 0.6) is 0 Å². The van der Waals surface area contributed by atoms with Crippen LogP contribution in [-0.4, -0.2) is 18.9 Å². The molecule has 0 atom stereocenters. The largest absolute Gasteiger partial charge is 0.383 e. The molecule has 0 radical (unpaired) electrons. The maximum absolute atomic E-state index is 6.02. The van der Waals surface area contributed by atoms with E-state index in [0.29, 0.717) is 5.84 Å². The second-order valence-corrected chi connectivity index (χ2v) is 6.86. The van der Waals surface area contributed by atoms with Crippen LogP contribution in [0.15, 0.2) is 83.2 Å². The number of hydrogen-bond donors (Lipinski definition) is 2. The standard InChI is InChI=1S/C22H23N3S.HI/c23-22(21-9-5-17-26-21)25-20-12-10-19(11-13-20)14-16-24-15-4-8-18-6-2-1-3-7-18;/h1-13,17,24H,14-16H2,(H2,23,25);1H. The van der Waals surface area contributed by atoms with Gasteiger partial charge in [-0.25, -0.2) is 4.99 Å². The van der Waals surface area contributed by atoms with E-state index >= 15 is 0 Å². The van der Waals surface area contributed by atoms with Crippen LogP contribution < -0.4 is 11.1 Å². The predicted molar refractivity (Wildman–Crippen MR) is 129 cm³/mol. The number of aliphatic imine (C=N–C) groups is 1. The van der Waals surface area contributed by atoms with Crippen LogP contribution in [0.4, 0.5) is 5.69 Å². The molecule has 0 aliphatic carbocycles. The van der Waals surface area contributed by atoms with E-state index in [4.69, 9.17) is 5.73 Å². The fourth-order valence-corrected chi connectivity index (χ4v) is 3.16. The molecule has 140 valence electrons. The molecule has 5 heteroatoms. The van der Waals surface area contributed by atoms with Gasteiger partial charge in [-0.05, 0) is 47.7 Å². The zero-order valence-corrected chi connectivity index (χ0v) is 18.2. The van der Waals surface area contributed by atoms with E-state index in [1.54, 1.807) is 11.3 Å². The van der Waals surface area contributed by atoms with Gasteiger partial charge in [0.25, 0.3) is 0 Å². The Kier molecular flexibility index (Phi) is 9.24. The van der Waals surface area contributed by atoms with E-state index in [-0.39, 0.29) is 24.0 Å². The molecule has 0 fully saturated rings. The van der Waals surface area contributed by atoms with Gasteiger partial charge in [0.2, 0.25) is 0 Å². The number of halogens is 1. The summed E-state index contributed by atoms with van der Waals surface area (Å²) in [7, 11) is 0. The van der Waals surface area contributed by atoms with Gasteiger partial charge in [0.1, 0.15) is 5.84 Å². The number of hydrogen-bond acceptors (Lipinski definition) is 3. The Balaban J connectivity index is 0.00000261. The topological polar surface area (TPSA) is 50.4 Å². The summed E-state index contributed by atoms with van der Waals surface area (Å²) in [5.41, 5.74) is 9.43. The third kappa shape index (κ3) is 7.28. The lowest BCUT2D eigenvalue weighted by atomic mass is 10.1. The van der Waals surface area contributed by atoms with Crippen molar-refractivity contribution in [2.75, 3.05) is 13.1 Å². The van der Waals surface area contributed by atoms with Gasteiger partial charge >= 0.3 is 0 Å². The summed E-state index contributed by atoms with van der Waals surface area (Å²) >= 11 is 1.60. The first-order chi connectivity index (χ1) is 12.8. The summed E-state index contributed by atoms with van der Waals surface area (Å²) in [4.78, 5) is 5.47. The number of rotatable bonds is 8. The first-order valence-electron chi connectivity index (χ1n) is 8.70. The van der Waals surface area contributed by atoms with Gasteiger partial charge in [-0.3, -0.25) is 0 Å². The van der Waals surface area contributed by atoms with Crippen LogP contribution in [0.25, 0.3) is 6.08 Å². The Labute approximate surface area is 182 Å². The van der Waals surface area contributed by atoms with E-state index < -0.39 is 0 Å². The van der Waals surface area contributed by atoms with Crippen LogP contribution in [0.3, 0.4) is 0 Å². The van der Waals surface area contributed by atoms with Crippen LogP contribution in [0.1, 0.15) is 16.0 Å². The smallest absolute Gasteiger partial charge is 0.141 e. The number of thiophene rings is 1. The number of amidine groups is 1. The van der Waals surface area contributed by atoms with Crippen LogP contribution >= 0.6 is 35.3 Å². The molecule has 3 N–H and O–H groups in total. The highest BCUT2D eigenvalue weighted by Crippen LogP contribution is 2.16. The molecule has 0 aliphatic heterocycles. The highest BCUT2D eigenvalue weighted by atomic mass is 127. The molecule has 0 bridgehead atoms. The van der Waals surface area contributed by atoms with Crippen molar-refractivity contribution in [3.8, 4) is 0 Å². The molecule has 1 heterocycles. The van der Waals surface area contributed by atoms with Gasteiger partial charge in [0, 0.05) is 6.54 Å².